The monoisotopic (exact) mass is 256 g/mol. The van der Waals surface area contributed by atoms with E-state index in [1.54, 1.807) is 6.92 Å². The molecule has 0 aromatic heterocycles. The molecule has 0 radical (unpaired) electrons. The number of thiol groups is 1. The quantitative estimate of drug-likeness (QED) is 0.354. The van der Waals surface area contributed by atoms with Crippen molar-refractivity contribution in [2.24, 2.45) is 0 Å². The molecule has 0 aliphatic rings. The zero-order chi connectivity index (χ0) is 11.9. The van der Waals surface area contributed by atoms with Gasteiger partial charge in [0.25, 0.3) is 0 Å². The summed E-state index contributed by atoms with van der Waals surface area (Å²) in [5.74, 6) is 1.06. The Hall–Kier alpha value is 0.660. The summed E-state index contributed by atoms with van der Waals surface area (Å²) in [5.41, 5.74) is 0. The zero-order valence-electron chi connectivity index (χ0n) is 9.85. The van der Waals surface area contributed by atoms with Crippen molar-refractivity contribution in [2.75, 3.05) is 12.4 Å². The van der Waals surface area contributed by atoms with Crippen LogP contribution in [-0.2, 0) is 4.52 Å². The molecular weight excluding hydrogens is 231 g/mol. The van der Waals surface area contributed by atoms with Crippen molar-refractivity contribution >= 4 is 21.2 Å². The second kappa shape index (κ2) is 17.1. The molecule has 0 rings (SSSR count). The van der Waals surface area contributed by atoms with Gasteiger partial charge in [0, 0.05) is 0 Å². The van der Waals surface area contributed by atoms with Crippen molar-refractivity contribution in [1.29, 1.82) is 0 Å². The fraction of sp³-hybridized carbons (Fsp3) is 1.00. The number of rotatable bonds is 8. The highest BCUT2D eigenvalue weighted by Crippen LogP contribution is 2.22. The van der Waals surface area contributed by atoms with Gasteiger partial charge in [-0.15, -0.1) is 0 Å². The zero-order valence-corrected chi connectivity index (χ0v) is 11.6. The van der Waals surface area contributed by atoms with Crippen LogP contribution in [-0.4, -0.2) is 22.1 Å². The van der Waals surface area contributed by atoms with Crippen LogP contribution in [0.25, 0.3) is 0 Å². The molecule has 0 fully saturated rings. The van der Waals surface area contributed by atoms with Gasteiger partial charge in [-0.2, -0.15) is 12.6 Å². The van der Waals surface area contributed by atoms with Crippen molar-refractivity contribution in [2.45, 2.75) is 52.4 Å². The predicted molar refractivity (Wildman–Crippen MR) is 70.2 cm³/mol. The number of unbranched alkanes of at least 4 members (excludes halogenated alkanes) is 5. The molecule has 0 aliphatic carbocycles. The van der Waals surface area contributed by atoms with Crippen molar-refractivity contribution in [1.82, 2.24) is 0 Å². The Morgan fingerprint density at radius 1 is 1.00 bits per heavy atom. The van der Waals surface area contributed by atoms with Gasteiger partial charge in [0.2, 0.25) is 0 Å². The highest BCUT2D eigenvalue weighted by molar-refractivity contribution is 7.80. The summed E-state index contributed by atoms with van der Waals surface area (Å²) in [6, 6.07) is 0. The molecule has 0 aromatic carbocycles. The molecule has 5 heteroatoms. The molecule has 0 spiro atoms. The van der Waals surface area contributed by atoms with E-state index in [0.717, 1.165) is 5.75 Å². The van der Waals surface area contributed by atoms with Gasteiger partial charge in [-0.3, -0.25) is 0 Å². The van der Waals surface area contributed by atoms with Gasteiger partial charge in [0.15, 0.2) is 0 Å². The molecule has 0 aromatic rings. The van der Waals surface area contributed by atoms with E-state index in [4.69, 9.17) is 9.79 Å². The molecular formula is C10H25O3PS. The summed E-state index contributed by atoms with van der Waals surface area (Å²) in [5, 5.41) is 0. The molecule has 2 N–H and O–H groups in total. The average molecular weight is 256 g/mol. The summed E-state index contributed by atoms with van der Waals surface area (Å²) < 4.78 is 4.22. The minimum atomic E-state index is -2.10. The van der Waals surface area contributed by atoms with Crippen LogP contribution in [0.5, 0.6) is 0 Å². The van der Waals surface area contributed by atoms with Crippen molar-refractivity contribution in [3.63, 3.8) is 0 Å². The standard InChI is InChI=1S/C8H18S.C2H7O3P/c1-2-3-4-5-6-7-8-9;1-2-5-6(3)4/h9H,2-8H2,1H3;3-4H,2H2,1H3. The normalized spacial score (nSPS) is 10.0. The smallest absolute Gasteiger partial charge is 0.327 e. The van der Waals surface area contributed by atoms with E-state index < -0.39 is 8.60 Å². The molecule has 0 bridgehead atoms. The van der Waals surface area contributed by atoms with Crippen molar-refractivity contribution in [3.05, 3.63) is 0 Å². The number of hydrogen-bond donors (Lipinski definition) is 3. The lowest BCUT2D eigenvalue weighted by molar-refractivity contribution is 0.269. The first-order chi connectivity index (χ1) is 7.18. The third kappa shape index (κ3) is 25.2. The molecule has 0 atom stereocenters. The van der Waals surface area contributed by atoms with Crippen LogP contribution in [0.15, 0.2) is 0 Å². The Balaban J connectivity index is 0. The SMILES string of the molecule is CCCCCCCCS.CCOP(O)O. The van der Waals surface area contributed by atoms with Crippen LogP contribution in [0.2, 0.25) is 0 Å². The summed E-state index contributed by atoms with van der Waals surface area (Å²) in [6.45, 7) is 4.30. The third-order valence-electron chi connectivity index (χ3n) is 1.76. The second-order valence-corrected chi connectivity index (χ2v) is 4.37. The van der Waals surface area contributed by atoms with E-state index in [0.29, 0.717) is 6.61 Å². The lowest BCUT2D eigenvalue weighted by atomic mass is 10.1. The Labute approximate surface area is 101 Å². The van der Waals surface area contributed by atoms with Gasteiger partial charge >= 0.3 is 8.60 Å². The predicted octanol–water partition coefficient (Wildman–Crippen LogP) is 3.51. The van der Waals surface area contributed by atoms with E-state index >= 15 is 0 Å². The fourth-order valence-electron chi connectivity index (χ4n) is 1.01. The summed E-state index contributed by atoms with van der Waals surface area (Å²) in [7, 11) is -2.10. The van der Waals surface area contributed by atoms with E-state index in [9.17, 15) is 0 Å². The molecule has 0 unspecified atom stereocenters. The summed E-state index contributed by atoms with van der Waals surface area (Å²) >= 11 is 4.15. The van der Waals surface area contributed by atoms with Crippen molar-refractivity contribution < 1.29 is 14.3 Å². The van der Waals surface area contributed by atoms with E-state index in [1.807, 2.05) is 0 Å². The van der Waals surface area contributed by atoms with E-state index in [1.165, 1.54) is 38.5 Å². The molecule has 15 heavy (non-hydrogen) atoms. The highest BCUT2D eigenvalue weighted by atomic mass is 32.1. The summed E-state index contributed by atoms with van der Waals surface area (Å²) in [4.78, 5) is 15.9. The molecule has 3 nitrogen and oxygen atoms in total. The van der Waals surface area contributed by atoms with Gasteiger partial charge in [0.1, 0.15) is 0 Å². The van der Waals surface area contributed by atoms with Gasteiger partial charge in [-0.05, 0) is 19.1 Å². The maximum atomic E-state index is 7.95. The van der Waals surface area contributed by atoms with Crippen LogP contribution in [0, 0.1) is 0 Å². The van der Waals surface area contributed by atoms with Crippen LogP contribution in [0.1, 0.15) is 52.4 Å². The van der Waals surface area contributed by atoms with Crippen LogP contribution < -0.4 is 0 Å². The first-order valence-electron chi connectivity index (χ1n) is 5.60. The highest BCUT2D eigenvalue weighted by Gasteiger charge is 1.91. The van der Waals surface area contributed by atoms with Gasteiger partial charge in [0.05, 0.1) is 6.61 Å². The topological polar surface area (TPSA) is 49.7 Å². The lowest BCUT2D eigenvalue weighted by Gasteiger charge is -1.95. The van der Waals surface area contributed by atoms with E-state index in [-0.39, 0.29) is 0 Å². The Kier molecular flexibility index (Phi) is 20.5. The molecule has 0 saturated heterocycles. The van der Waals surface area contributed by atoms with E-state index in [2.05, 4.69) is 24.1 Å². The Bertz CT molecular complexity index is 98.7. The molecule has 0 saturated carbocycles. The minimum Gasteiger partial charge on any atom is -0.328 e. The molecule has 0 heterocycles. The summed E-state index contributed by atoms with van der Waals surface area (Å²) in [6.07, 6.45) is 8.27. The van der Waals surface area contributed by atoms with Gasteiger partial charge in [-0.1, -0.05) is 39.0 Å². The first kappa shape index (κ1) is 18.0. The first-order valence-corrected chi connectivity index (χ1v) is 7.40. The fourth-order valence-corrected chi connectivity index (χ4v) is 1.46. The second-order valence-electron chi connectivity index (χ2n) is 3.16. The molecule has 0 amide bonds. The maximum absolute atomic E-state index is 7.95. The van der Waals surface area contributed by atoms with Crippen LogP contribution >= 0.6 is 21.2 Å². The lowest BCUT2D eigenvalue weighted by Crippen LogP contribution is -1.78. The van der Waals surface area contributed by atoms with Crippen LogP contribution in [0.3, 0.4) is 0 Å². The number of hydrogen-bond acceptors (Lipinski definition) is 4. The van der Waals surface area contributed by atoms with Crippen molar-refractivity contribution in [3.8, 4) is 0 Å². The maximum Gasteiger partial charge on any atom is 0.327 e. The average Bonchev–Trinajstić information content (AvgIpc) is 2.18. The van der Waals surface area contributed by atoms with Gasteiger partial charge in [-0.25, -0.2) is 0 Å². The molecule has 94 valence electrons. The third-order valence-corrected chi connectivity index (χ3v) is 2.56. The minimum absolute atomic E-state index is 0.360. The van der Waals surface area contributed by atoms with Crippen LogP contribution in [0.4, 0.5) is 0 Å². The Morgan fingerprint density at radius 3 is 1.87 bits per heavy atom. The van der Waals surface area contributed by atoms with Gasteiger partial charge < -0.3 is 14.3 Å². The molecule has 0 aliphatic heterocycles. The largest absolute Gasteiger partial charge is 0.328 e. The Morgan fingerprint density at radius 2 is 1.53 bits per heavy atom.